The van der Waals surface area contributed by atoms with Crippen molar-refractivity contribution in [2.75, 3.05) is 41.7 Å². The number of aliphatic hydroxyl groups excluding tert-OH is 1. The molecular weight excluding hydrogens is 424 g/mol. The maximum atomic E-state index is 10.8. The molecule has 1 unspecified atom stereocenters. The van der Waals surface area contributed by atoms with Gasteiger partial charge in [0.15, 0.2) is 6.29 Å². The van der Waals surface area contributed by atoms with Crippen LogP contribution in [0.1, 0.15) is 12.0 Å². The maximum Gasteiger partial charge on any atom is 0.286 e. The lowest BCUT2D eigenvalue weighted by molar-refractivity contribution is -0.385. The number of methoxy groups -OCH3 is 4. The summed E-state index contributed by atoms with van der Waals surface area (Å²) in [4.78, 5) is 0. The van der Waals surface area contributed by atoms with Gasteiger partial charge in [-0.1, -0.05) is 12.1 Å². The second-order valence-electron chi connectivity index (χ2n) is 8.06. The molecule has 3 aliphatic rings. The van der Waals surface area contributed by atoms with E-state index in [0.29, 0.717) is 13.2 Å². The molecule has 10 heteroatoms. The quantitative estimate of drug-likeness (QED) is 0.605. The summed E-state index contributed by atoms with van der Waals surface area (Å²) in [6.45, 7) is 0.746. The Bertz CT molecular complexity index is 730. The molecule has 0 aliphatic carbocycles. The first-order valence-corrected chi connectivity index (χ1v) is 10.6. The normalized spacial score (nSPS) is 39.2. The average Bonchev–Trinajstić information content (AvgIpc) is 3.17. The second-order valence-corrected chi connectivity index (χ2v) is 8.06. The van der Waals surface area contributed by atoms with Gasteiger partial charge in [0.2, 0.25) is 0 Å². The highest BCUT2D eigenvalue weighted by Gasteiger charge is 2.61. The second kappa shape index (κ2) is 10.3. The summed E-state index contributed by atoms with van der Waals surface area (Å²) in [6, 6.07) is 7.55. The molecule has 3 saturated heterocycles. The van der Waals surface area contributed by atoms with Crippen LogP contribution in [0.25, 0.3) is 0 Å². The van der Waals surface area contributed by atoms with Gasteiger partial charge in [-0.05, 0) is 17.7 Å². The summed E-state index contributed by atoms with van der Waals surface area (Å²) < 4.78 is 51.6. The van der Waals surface area contributed by atoms with E-state index < -0.39 is 48.9 Å². The van der Waals surface area contributed by atoms with Gasteiger partial charge in [-0.3, -0.25) is 0 Å². The van der Waals surface area contributed by atoms with Crippen LogP contribution in [0.15, 0.2) is 24.3 Å². The average molecular weight is 456 g/mol. The van der Waals surface area contributed by atoms with Crippen molar-refractivity contribution in [1.82, 2.24) is 0 Å². The lowest BCUT2D eigenvalue weighted by atomic mass is 9.99. The minimum absolute atomic E-state index is 0.0785. The number of benzene rings is 1. The third-order valence-electron chi connectivity index (χ3n) is 6.04. The molecule has 1 aromatic carbocycles. The number of fused-ring (bicyclic) bond motifs is 1. The molecule has 0 aromatic heterocycles. The first-order valence-electron chi connectivity index (χ1n) is 10.6. The first-order chi connectivity index (χ1) is 15.5. The van der Waals surface area contributed by atoms with Crippen LogP contribution in [0.3, 0.4) is 0 Å². The molecule has 3 aliphatic heterocycles. The Morgan fingerprint density at radius 1 is 1.03 bits per heavy atom. The van der Waals surface area contributed by atoms with Crippen LogP contribution in [0, 0.1) is 0 Å². The Hall–Kier alpha value is -1.34. The third kappa shape index (κ3) is 4.79. The number of hydrogen-bond donors (Lipinski definition) is 1. The Labute approximate surface area is 187 Å². The van der Waals surface area contributed by atoms with Gasteiger partial charge in [0, 0.05) is 21.3 Å². The van der Waals surface area contributed by atoms with Crippen molar-refractivity contribution in [3.05, 3.63) is 29.8 Å². The van der Waals surface area contributed by atoms with Gasteiger partial charge in [0.05, 0.1) is 39.5 Å². The summed E-state index contributed by atoms with van der Waals surface area (Å²) >= 11 is 0. The molecule has 32 heavy (non-hydrogen) atoms. The molecular formula is C22H32O10. The topological polar surface area (TPSA) is 103 Å². The van der Waals surface area contributed by atoms with Gasteiger partial charge in [-0.2, -0.15) is 0 Å². The largest absolute Gasteiger partial charge is 0.497 e. The van der Waals surface area contributed by atoms with Crippen molar-refractivity contribution in [3.8, 4) is 5.75 Å². The van der Waals surface area contributed by atoms with Crippen LogP contribution < -0.4 is 4.74 Å². The monoisotopic (exact) mass is 456 g/mol. The molecule has 1 aromatic rings. The first kappa shape index (κ1) is 23.8. The van der Waals surface area contributed by atoms with Crippen LogP contribution in [0.5, 0.6) is 5.75 Å². The molecule has 3 fully saturated rings. The van der Waals surface area contributed by atoms with E-state index in [0.717, 1.165) is 11.3 Å². The summed E-state index contributed by atoms with van der Waals surface area (Å²) in [6.07, 6.45) is -3.92. The van der Waals surface area contributed by atoms with E-state index >= 15 is 0 Å². The van der Waals surface area contributed by atoms with Crippen molar-refractivity contribution in [1.29, 1.82) is 0 Å². The van der Waals surface area contributed by atoms with Crippen LogP contribution >= 0.6 is 0 Å². The van der Waals surface area contributed by atoms with Gasteiger partial charge >= 0.3 is 0 Å². The summed E-state index contributed by atoms with van der Waals surface area (Å²) in [5, 5.41) is 10.8. The van der Waals surface area contributed by atoms with Crippen molar-refractivity contribution < 1.29 is 47.7 Å². The molecule has 180 valence electrons. The maximum absolute atomic E-state index is 10.8. The zero-order valence-corrected chi connectivity index (χ0v) is 18.8. The fourth-order valence-corrected chi connectivity index (χ4v) is 4.37. The fourth-order valence-electron chi connectivity index (χ4n) is 4.37. The zero-order valence-electron chi connectivity index (χ0n) is 18.8. The smallest absolute Gasteiger partial charge is 0.286 e. The number of aliphatic hydroxyl groups is 1. The van der Waals surface area contributed by atoms with Gasteiger partial charge in [0.1, 0.15) is 36.3 Å². The lowest BCUT2D eigenvalue weighted by Crippen LogP contribution is -2.58. The highest BCUT2D eigenvalue weighted by molar-refractivity contribution is 5.26. The molecule has 0 radical (unpaired) electrons. The summed E-state index contributed by atoms with van der Waals surface area (Å²) in [5.74, 6) is -0.651. The Morgan fingerprint density at radius 3 is 2.41 bits per heavy atom. The number of rotatable bonds is 8. The summed E-state index contributed by atoms with van der Waals surface area (Å²) in [5.41, 5.74) is 0.963. The predicted octanol–water partition coefficient (Wildman–Crippen LogP) is 0.832. The SMILES string of the molecule is COC[C@H]1O[C@H](OC)[C@@H]2OC3(C[C@@H](O)[C@H](OCc4ccc(OC)cc4)CO3)O[C@H]2[C@@H]1OC. The van der Waals surface area contributed by atoms with E-state index in [-0.39, 0.29) is 13.0 Å². The number of ether oxygens (including phenoxy) is 9. The number of hydrogen-bond acceptors (Lipinski definition) is 10. The molecule has 4 rings (SSSR count). The minimum atomic E-state index is -1.42. The van der Waals surface area contributed by atoms with Crippen molar-refractivity contribution in [2.24, 2.45) is 0 Å². The van der Waals surface area contributed by atoms with Crippen LogP contribution in [-0.2, 0) is 44.5 Å². The van der Waals surface area contributed by atoms with Gasteiger partial charge in [-0.25, -0.2) is 0 Å². The van der Waals surface area contributed by atoms with E-state index in [4.69, 9.17) is 42.6 Å². The van der Waals surface area contributed by atoms with E-state index in [1.807, 2.05) is 24.3 Å². The third-order valence-corrected chi connectivity index (χ3v) is 6.04. The van der Waals surface area contributed by atoms with Crippen LogP contribution in [0.2, 0.25) is 0 Å². The van der Waals surface area contributed by atoms with E-state index in [1.54, 1.807) is 21.3 Å². The fraction of sp³-hybridized carbons (Fsp3) is 0.727. The predicted molar refractivity (Wildman–Crippen MR) is 109 cm³/mol. The minimum Gasteiger partial charge on any atom is -0.497 e. The molecule has 0 saturated carbocycles. The molecule has 10 nitrogen and oxygen atoms in total. The standard InChI is InChI=1S/C22H32O10/c1-24-11-17-18(26-3)19-20(21(27-4)30-17)32-22(31-19)9-15(23)16(12-29-22)28-10-13-5-7-14(25-2)8-6-13/h5-8,15-21,23H,9-12H2,1-4H3/t15-,16-,17-,18-,19+,20-,21+,22?/m1/s1. The molecule has 3 heterocycles. The molecule has 8 atom stereocenters. The highest BCUT2D eigenvalue weighted by Crippen LogP contribution is 2.44. The molecule has 0 bridgehead atoms. The molecule has 0 amide bonds. The highest BCUT2D eigenvalue weighted by atomic mass is 16.9. The summed E-state index contributed by atoms with van der Waals surface area (Å²) in [7, 11) is 6.32. The van der Waals surface area contributed by atoms with Crippen LogP contribution in [0.4, 0.5) is 0 Å². The molecule has 1 spiro atoms. The van der Waals surface area contributed by atoms with E-state index in [1.165, 1.54) is 7.11 Å². The van der Waals surface area contributed by atoms with Crippen LogP contribution in [-0.4, -0.2) is 95.6 Å². The van der Waals surface area contributed by atoms with Crippen molar-refractivity contribution >= 4 is 0 Å². The van der Waals surface area contributed by atoms with E-state index in [9.17, 15) is 5.11 Å². The van der Waals surface area contributed by atoms with Gasteiger partial charge in [-0.15, -0.1) is 0 Å². The Balaban J connectivity index is 1.38. The lowest BCUT2D eigenvalue weighted by Gasteiger charge is -2.40. The Morgan fingerprint density at radius 2 is 1.78 bits per heavy atom. The Kier molecular flexibility index (Phi) is 7.65. The van der Waals surface area contributed by atoms with Crippen molar-refractivity contribution in [2.45, 2.75) is 61.9 Å². The zero-order chi connectivity index (χ0) is 22.7. The molecule has 1 N–H and O–H groups in total. The van der Waals surface area contributed by atoms with Crippen molar-refractivity contribution in [3.63, 3.8) is 0 Å². The van der Waals surface area contributed by atoms with E-state index in [2.05, 4.69) is 0 Å². The van der Waals surface area contributed by atoms with Gasteiger partial charge in [0.25, 0.3) is 5.97 Å². The van der Waals surface area contributed by atoms with Gasteiger partial charge < -0.3 is 47.7 Å².